The van der Waals surface area contributed by atoms with Gasteiger partial charge in [-0.1, -0.05) is 18.2 Å². The van der Waals surface area contributed by atoms with Crippen LogP contribution in [0.2, 0.25) is 0 Å². The molecule has 1 aromatic rings. The fourth-order valence-corrected chi connectivity index (χ4v) is 2.30. The highest BCUT2D eigenvalue weighted by Gasteiger charge is 2.40. The van der Waals surface area contributed by atoms with Crippen LogP contribution in [-0.2, 0) is 18.4 Å². The average molecular weight is 173 g/mol. The van der Waals surface area contributed by atoms with Crippen molar-refractivity contribution in [1.29, 1.82) is 0 Å². The van der Waals surface area contributed by atoms with Gasteiger partial charge in [-0.15, -0.1) is 0 Å². The molecule has 3 rings (SSSR count). The Kier molecular flexibility index (Phi) is 1.37. The molecule has 0 bridgehead atoms. The van der Waals surface area contributed by atoms with E-state index in [1.54, 1.807) is 11.1 Å². The van der Waals surface area contributed by atoms with Gasteiger partial charge in [-0.3, -0.25) is 0 Å². The predicted octanol–water partition coefficient (Wildman–Crippen LogP) is 2.12. The SMILES string of the molecule is NC1(c2ccc3c(c2)CCC3)CC1. The fourth-order valence-electron chi connectivity index (χ4n) is 2.30. The van der Waals surface area contributed by atoms with Gasteiger partial charge in [-0.25, -0.2) is 0 Å². The number of rotatable bonds is 1. The monoisotopic (exact) mass is 173 g/mol. The Bertz CT molecular complexity index is 350. The average Bonchev–Trinajstić information content (AvgIpc) is 2.74. The second kappa shape index (κ2) is 2.36. The van der Waals surface area contributed by atoms with Crippen LogP contribution < -0.4 is 5.73 Å². The van der Waals surface area contributed by atoms with Crippen LogP contribution >= 0.6 is 0 Å². The number of benzene rings is 1. The molecule has 68 valence electrons. The number of aryl methyl sites for hydroxylation is 2. The summed E-state index contributed by atoms with van der Waals surface area (Å²) in [6, 6.07) is 6.86. The summed E-state index contributed by atoms with van der Waals surface area (Å²) < 4.78 is 0. The second-order valence-electron chi connectivity index (χ2n) is 4.49. The van der Waals surface area contributed by atoms with Crippen LogP contribution in [0, 0.1) is 0 Å². The molecule has 1 fully saturated rings. The standard InChI is InChI=1S/C12H15N/c13-12(6-7-12)11-5-4-9-2-1-3-10(9)8-11/h4-5,8H,1-3,6-7,13H2. The summed E-state index contributed by atoms with van der Waals surface area (Å²) >= 11 is 0. The van der Waals surface area contributed by atoms with E-state index >= 15 is 0 Å². The smallest absolute Gasteiger partial charge is 0.0411 e. The maximum absolute atomic E-state index is 6.16. The molecule has 1 heteroatoms. The molecule has 2 N–H and O–H groups in total. The molecule has 13 heavy (non-hydrogen) atoms. The maximum atomic E-state index is 6.16. The van der Waals surface area contributed by atoms with Gasteiger partial charge in [0.25, 0.3) is 0 Å². The summed E-state index contributed by atoms with van der Waals surface area (Å²) in [5.74, 6) is 0. The lowest BCUT2D eigenvalue weighted by Gasteiger charge is -2.10. The molecule has 0 saturated heterocycles. The van der Waals surface area contributed by atoms with Crippen LogP contribution in [0.15, 0.2) is 18.2 Å². The third kappa shape index (κ3) is 1.11. The van der Waals surface area contributed by atoms with E-state index in [0.717, 1.165) is 0 Å². The highest BCUT2D eigenvalue weighted by atomic mass is 14.8. The van der Waals surface area contributed by atoms with Crippen molar-refractivity contribution in [3.8, 4) is 0 Å². The van der Waals surface area contributed by atoms with E-state index in [4.69, 9.17) is 5.73 Å². The van der Waals surface area contributed by atoms with E-state index in [0.29, 0.717) is 0 Å². The van der Waals surface area contributed by atoms with Gasteiger partial charge >= 0.3 is 0 Å². The molecule has 0 heterocycles. The highest BCUT2D eigenvalue weighted by molar-refractivity contribution is 5.40. The predicted molar refractivity (Wildman–Crippen MR) is 53.6 cm³/mol. The Morgan fingerprint density at radius 1 is 1.08 bits per heavy atom. The first-order valence-corrected chi connectivity index (χ1v) is 5.19. The first kappa shape index (κ1) is 7.57. The van der Waals surface area contributed by atoms with Crippen molar-refractivity contribution < 1.29 is 0 Å². The zero-order valence-electron chi connectivity index (χ0n) is 7.84. The molecule has 0 amide bonds. The van der Waals surface area contributed by atoms with E-state index < -0.39 is 0 Å². The molecule has 0 aromatic heterocycles. The molecule has 0 atom stereocenters. The van der Waals surface area contributed by atoms with Crippen LogP contribution in [0.5, 0.6) is 0 Å². The van der Waals surface area contributed by atoms with Crippen LogP contribution in [0.4, 0.5) is 0 Å². The second-order valence-corrected chi connectivity index (χ2v) is 4.49. The van der Waals surface area contributed by atoms with Gasteiger partial charge in [0.15, 0.2) is 0 Å². The van der Waals surface area contributed by atoms with Gasteiger partial charge in [-0.2, -0.15) is 0 Å². The number of hydrogen-bond acceptors (Lipinski definition) is 1. The molecule has 0 radical (unpaired) electrons. The zero-order valence-corrected chi connectivity index (χ0v) is 7.84. The number of nitrogens with two attached hydrogens (primary N) is 1. The first-order valence-electron chi connectivity index (χ1n) is 5.19. The Balaban J connectivity index is 2.05. The first-order chi connectivity index (χ1) is 6.28. The molecule has 2 aliphatic carbocycles. The summed E-state index contributed by atoms with van der Waals surface area (Å²) in [4.78, 5) is 0. The Morgan fingerprint density at radius 2 is 1.85 bits per heavy atom. The molecular formula is C12H15N. The fraction of sp³-hybridized carbons (Fsp3) is 0.500. The Hall–Kier alpha value is -0.820. The third-order valence-corrected chi connectivity index (χ3v) is 3.46. The lowest BCUT2D eigenvalue weighted by Crippen LogP contribution is -2.18. The molecular weight excluding hydrogens is 158 g/mol. The Labute approximate surface area is 78.9 Å². The number of hydrogen-bond donors (Lipinski definition) is 1. The van der Waals surface area contributed by atoms with Gasteiger partial charge in [0, 0.05) is 5.54 Å². The van der Waals surface area contributed by atoms with Crippen LogP contribution in [0.25, 0.3) is 0 Å². The minimum Gasteiger partial charge on any atom is -0.321 e. The van der Waals surface area contributed by atoms with Crippen molar-refractivity contribution in [3.63, 3.8) is 0 Å². The van der Waals surface area contributed by atoms with Crippen LogP contribution in [0.1, 0.15) is 36.0 Å². The van der Waals surface area contributed by atoms with Gasteiger partial charge < -0.3 is 5.73 Å². The molecule has 1 aromatic carbocycles. The summed E-state index contributed by atoms with van der Waals surface area (Å²) in [6.07, 6.45) is 6.21. The van der Waals surface area contributed by atoms with E-state index in [1.165, 1.54) is 37.7 Å². The lowest BCUT2D eigenvalue weighted by atomic mass is 10.0. The van der Waals surface area contributed by atoms with Crippen molar-refractivity contribution in [1.82, 2.24) is 0 Å². The van der Waals surface area contributed by atoms with Gasteiger partial charge in [0.1, 0.15) is 0 Å². The van der Waals surface area contributed by atoms with E-state index in [1.807, 2.05) is 0 Å². The van der Waals surface area contributed by atoms with E-state index in [-0.39, 0.29) is 5.54 Å². The van der Waals surface area contributed by atoms with Crippen molar-refractivity contribution in [2.75, 3.05) is 0 Å². The van der Waals surface area contributed by atoms with Crippen molar-refractivity contribution in [2.45, 2.75) is 37.6 Å². The molecule has 0 spiro atoms. The van der Waals surface area contributed by atoms with Crippen LogP contribution in [0.3, 0.4) is 0 Å². The van der Waals surface area contributed by atoms with Gasteiger partial charge in [-0.05, 0) is 48.8 Å². The van der Waals surface area contributed by atoms with Gasteiger partial charge in [0.2, 0.25) is 0 Å². The summed E-state index contributed by atoms with van der Waals surface area (Å²) in [7, 11) is 0. The molecule has 0 unspecified atom stereocenters. The highest BCUT2D eigenvalue weighted by Crippen LogP contribution is 2.43. The number of fused-ring (bicyclic) bond motifs is 1. The van der Waals surface area contributed by atoms with E-state index in [2.05, 4.69) is 18.2 Å². The quantitative estimate of drug-likeness (QED) is 0.691. The van der Waals surface area contributed by atoms with Crippen molar-refractivity contribution in [3.05, 3.63) is 34.9 Å². The topological polar surface area (TPSA) is 26.0 Å². The minimum absolute atomic E-state index is 0.0532. The molecule has 0 aliphatic heterocycles. The zero-order chi connectivity index (χ0) is 8.89. The van der Waals surface area contributed by atoms with Crippen LogP contribution in [-0.4, -0.2) is 0 Å². The Morgan fingerprint density at radius 3 is 2.62 bits per heavy atom. The van der Waals surface area contributed by atoms with Crippen molar-refractivity contribution in [2.24, 2.45) is 5.73 Å². The summed E-state index contributed by atoms with van der Waals surface area (Å²) in [6.45, 7) is 0. The molecule has 1 nitrogen and oxygen atoms in total. The minimum atomic E-state index is 0.0532. The lowest BCUT2D eigenvalue weighted by molar-refractivity contribution is 0.738. The third-order valence-electron chi connectivity index (χ3n) is 3.46. The normalized spacial score (nSPS) is 22.8. The molecule has 1 saturated carbocycles. The maximum Gasteiger partial charge on any atom is 0.0411 e. The van der Waals surface area contributed by atoms with Gasteiger partial charge in [0.05, 0.1) is 0 Å². The largest absolute Gasteiger partial charge is 0.321 e. The molecule has 2 aliphatic rings. The van der Waals surface area contributed by atoms with E-state index in [9.17, 15) is 0 Å². The summed E-state index contributed by atoms with van der Waals surface area (Å²) in [5, 5.41) is 0. The van der Waals surface area contributed by atoms with Crippen molar-refractivity contribution >= 4 is 0 Å². The summed E-state index contributed by atoms with van der Waals surface area (Å²) in [5.41, 5.74) is 10.7.